The molecule has 0 unspecified atom stereocenters. The summed E-state index contributed by atoms with van der Waals surface area (Å²) in [6.07, 6.45) is 3.07. The average molecular weight is 265 g/mol. The van der Waals surface area contributed by atoms with Crippen LogP contribution < -0.4 is 15.2 Å². The van der Waals surface area contributed by atoms with Crippen molar-refractivity contribution in [3.63, 3.8) is 0 Å². The SMILES string of the molecule is CCc1ccc(OCCCC(C)(C)CN)c(OC)c1. The fourth-order valence-electron chi connectivity index (χ4n) is 1.89. The maximum absolute atomic E-state index is 5.80. The Morgan fingerprint density at radius 1 is 1.21 bits per heavy atom. The Hall–Kier alpha value is -1.22. The molecule has 1 rings (SSSR count). The number of aryl methyl sites for hydroxylation is 1. The van der Waals surface area contributed by atoms with E-state index in [1.165, 1.54) is 5.56 Å². The lowest BCUT2D eigenvalue weighted by molar-refractivity contribution is 0.252. The Bertz CT molecular complexity index is 388. The second-order valence-electron chi connectivity index (χ2n) is 5.66. The third kappa shape index (κ3) is 5.11. The second-order valence-corrected chi connectivity index (χ2v) is 5.66. The lowest BCUT2D eigenvalue weighted by atomic mass is 9.88. The molecule has 0 amide bonds. The van der Waals surface area contributed by atoms with E-state index in [1.807, 2.05) is 12.1 Å². The van der Waals surface area contributed by atoms with Crippen LogP contribution in [0.5, 0.6) is 11.5 Å². The first-order chi connectivity index (χ1) is 9.02. The Labute approximate surface area is 117 Å². The largest absolute Gasteiger partial charge is 0.493 e. The number of hydrogen-bond donors (Lipinski definition) is 1. The number of rotatable bonds is 8. The number of nitrogens with two attached hydrogens (primary N) is 1. The van der Waals surface area contributed by atoms with Crippen molar-refractivity contribution in [1.29, 1.82) is 0 Å². The second kappa shape index (κ2) is 7.39. The molecule has 0 heterocycles. The van der Waals surface area contributed by atoms with Crippen LogP contribution in [0.1, 0.15) is 39.2 Å². The zero-order valence-electron chi connectivity index (χ0n) is 12.7. The minimum absolute atomic E-state index is 0.194. The lowest BCUT2D eigenvalue weighted by Crippen LogP contribution is -2.23. The van der Waals surface area contributed by atoms with Gasteiger partial charge in [-0.3, -0.25) is 0 Å². The summed E-state index contributed by atoms with van der Waals surface area (Å²) in [5.41, 5.74) is 7.17. The van der Waals surface area contributed by atoms with Crippen LogP contribution in [0.3, 0.4) is 0 Å². The van der Waals surface area contributed by atoms with Crippen LogP contribution in [0.4, 0.5) is 0 Å². The van der Waals surface area contributed by atoms with Crippen LogP contribution in [-0.2, 0) is 6.42 Å². The van der Waals surface area contributed by atoms with E-state index in [0.29, 0.717) is 13.2 Å². The molecule has 0 saturated heterocycles. The van der Waals surface area contributed by atoms with Crippen molar-refractivity contribution in [1.82, 2.24) is 0 Å². The number of benzene rings is 1. The molecule has 0 spiro atoms. The van der Waals surface area contributed by atoms with E-state index in [0.717, 1.165) is 30.8 Å². The molecule has 1 aromatic rings. The van der Waals surface area contributed by atoms with Gasteiger partial charge in [0.25, 0.3) is 0 Å². The molecule has 0 aliphatic heterocycles. The van der Waals surface area contributed by atoms with E-state index in [4.69, 9.17) is 15.2 Å². The van der Waals surface area contributed by atoms with Gasteiger partial charge < -0.3 is 15.2 Å². The van der Waals surface area contributed by atoms with E-state index in [2.05, 4.69) is 26.8 Å². The zero-order chi connectivity index (χ0) is 14.3. The Morgan fingerprint density at radius 3 is 2.53 bits per heavy atom. The highest BCUT2D eigenvalue weighted by Gasteiger charge is 2.15. The van der Waals surface area contributed by atoms with E-state index in [9.17, 15) is 0 Å². The summed E-state index contributed by atoms with van der Waals surface area (Å²) in [7, 11) is 1.68. The van der Waals surface area contributed by atoms with Gasteiger partial charge in [-0.15, -0.1) is 0 Å². The van der Waals surface area contributed by atoms with Gasteiger partial charge in [0.2, 0.25) is 0 Å². The zero-order valence-corrected chi connectivity index (χ0v) is 12.7. The fraction of sp³-hybridized carbons (Fsp3) is 0.625. The molecule has 0 radical (unpaired) electrons. The van der Waals surface area contributed by atoms with Gasteiger partial charge in [-0.25, -0.2) is 0 Å². The molecule has 108 valence electrons. The first kappa shape index (κ1) is 15.8. The molecule has 0 aromatic heterocycles. The van der Waals surface area contributed by atoms with Crippen molar-refractivity contribution < 1.29 is 9.47 Å². The van der Waals surface area contributed by atoms with Crippen molar-refractivity contribution in [2.24, 2.45) is 11.1 Å². The van der Waals surface area contributed by atoms with Crippen molar-refractivity contribution >= 4 is 0 Å². The smallest absolute Gasteiger partial charge is 0.161 e. The van der Waals surface area contributed by atoms with Crippen LogP contribution in [0.25, 0.3) is 0 Å². The van der Waals surface area contributed by atoms with Crippen molar-refractivity contribution in [2.75, 3.05) is 20.3 Å². The normalized spacial score (nSPS) is 11.4. The first-order valence-electron chi connectivity index (χ1n) is 7.02. The molecule has 0 atom stereocenters. The van der Waals surface area contributed by atoms with Gasteiger partial charge in [-0.05, 0) is 48.9 Å². The predicted octanol–water partition coefficient (Wildman–Crippen LogP) is 3.40. The highest BCUT2D eigenvalue weighted by molar-refractivity contribution is 5.42. The fourth-order valence-corrected chi connectivity index (χ4v) is 1.89. The van der Waals surface area contributed by atoms with Crippen LogP contribution in [0.15, 0.2) is 18.2 Å². The minimum Gasteiger partial charge on any atom is -0.493 e. The highest BCUT2D eigenvalue weighted by atomic mass is 16.5. The molecule has 1 aromatic carbocycles. The Balaban J connectivity index is 2.49. The van der Waals surface area contributed by atoms with E-state index in [-0.39, 0.29) is 5.41 Å². The summed E-state index contributed by atoms with van der Waals surface area (Å²) in [4.78, 5) is 0. The molecule has 3 heteroatoms. The van der Waals surface area contributed by atoms with Crippen molar-refractivity contribution in [3.8, 4) is 11.5 Å². The molecule has 3 nitrogen and oxygen atoms in total. The summed E-state index contributed by atoms with van der Waals surface area (Å²) in [6, 6.07) is 6.12. The quantitative estimate of drug-likeness (QED) is 0.733. The topological polar surface area (TPSA) is 44.5 Å². The van der Waals surface area contributed by atoms with E-state index in [1.54, 1.807) is 7.11 Å². The lowest BCUT2D eigenvalue weighted by Gasteiger charge is -2.22. The predicted molar refractivity (Wildman–Crippen MR) is 79.9 cm³/mol. The molecule has 0 saturated carbocycles. The molecule has 2 N–H and O–H groups in total. The average Bonchev–Trinajstić information content (AvgIpc) is 2.43. The summed E-state index contributed by atoms with van der Waals surface area (Å²) in [5.74, 6) is 1.64. The van der Waals surface area contributed by atoms with Gasteiger partial charge >= 0.3 is 0 Å². The summed E-state index contributed by atoms with van der Waals surface area (Å²) in [6.45, 7) is 7.91. The van der Waals surface area contributed by atoms with E-state index < -0.39 is 0 Å². The molecule has 0 aliphatic carbocycles. The number of hydrogen-bond acceptors (Lipinski definition) is 3. The first-order valence-corrected chi connectivity index (χ1v) is 7.02. The summed E-state index contributed by atoms with van der Waals surface area (Å²) < 4.78 is 11.2. The Morgan fingerprint density at radius 2 is 1.95 bits per heavy atom. The van der Waals surface area contributed by atoms with Crippen LogP contribution in [-0.4, -0.2) is 20.3 Å². The maximum atomic E-state index is 5.80. The van der Waals surface area contributed by atoms with Gasteiger partial charge in [0.1, 0.15) is 0 Å². The highest BCUT2D eigenvalue weighted by Crippen LogP contribution is 2.29. The molecular formula is C16H27NO2. The number of methoxy groups -OCH3 is 1. The van der Waals surface area contributed by atoms with E-state index >= 15 is 0 Å². The third-order valence-corrected chi connectivity index (χ3v) is 3.44. The van der Waals surface area contributed by atoms with Crippen LogP contribution >= 0.6 is 0 Å². The molecule has 0 aliphatic rings. The molecule has 19 heavy (non-hydrogen) atoms. The van der Waals surface area contributed by atoms with Crippen LogP contribution in [0.2, 0.25) is 0 Å². The monoisotopic (exact) mass is 265 g/mol. The van der Waals surface area contributed by atoms with Crippen LogP contribution in [0, 0.1) is 5.41 Å². The van der Waals surface area contributed by atoms with Crippen molar-refractivity contribution in [3.05, 3.63) is 23.8 Å². The number of ether oxygens (including phenoxy) is 2. The van der Waals surface area contributed by atoms with Gasteiger partial charge in [0.15, 0.2) is 11.5 Å². The maximum Gasteiger partial charge on any atom is 0.161 e. The van der Waals surface area contributed by atoms with Gasteiger partial charge in [-0.2, -0.15) is 0 Å². The summed E-state index contributed by atoms with van der Waals surface area (Å²) >= 11 is 0. The van der Waals surface area contributed by atoms with Gasteiger partial charge in [0.05, 0.1) is 13.7 Å². The third-order valence-electron chi connectivity index (χ3n) is 3.44. The summed E-state index contributed by atoms with van der Waals surface area (Å²) in [5, 5.41) is 0. The molecule has 0 bridgehead atoms. The molecular weight excluding hydrogens is 238 g/mol. The van der Waals surface area contributed by atoms with Gasteiger partial charge in [-0.1, -0.05) is 26.8 Å². The van der Waals surface area contributed by atoms with Crippen molar-refractivity contribution in [2.45, 2.75) is 40.0 Å². The Kier molecular flexibility index (Phi) is 6.16. The van der Waals surface area contributed by atoms with Gasteiger partial charge in [0, 0.05) is 0 Å². The standard InChI is InChI=1S/C16H27NO2/c1-5-13-7-8-14(15(11-13)18-4)19-10-6-9-16(2,3)12-17/h7-8,11H,5-6,9-10,12,17H2,1-4H3. The molecule has 0 fully saturated rings. The minimum atomic E-state index is 0.194.